The van der Waals surface area contributed by atoms with Crippen LogP contribution in [0.4, 0.5) is 0 Å². The lowest BCUT2D eigenvalue weighted by Crippen LogP contribution is -2.42. The minimum Gasteiger partial charge on any atom is -0.303 e. The highest BCUT2D eigenvalue weighted by atomic mass is 15.2. The molecule has 0 aliphatic carbocycles. The number of nitrogens with zero attached hydrogens (tertiary/aromatic N) is 2. The molecule has 1 aliphatic heterocycles. The van der Waals surface area contributed by atoms with Gasteiger partial charge < -0.3 is 9.80 Å². The number of hydrogen-bond donors (Lipinski definition) is 0. The Morgan fingerprint density at radius 2 is 1.14 bits per heavy atom. The van der Waals surface area contributed by atoms with Gasteiger partial charge in [-0.15, -0.1) is 0 Å². The summed E-state index contributed by atoms with van der Waals surface area (Å²) in [5, 5.41) is 0. The zero-order valence-electron chi connectivity index (χ0n) is 22.7. The maximum Gasteiger partial charge on any atom is 0.00326 e. The third-order valence-corrected chi connectivity index (χ3v) is 4.91. The molecule has 1 fully saturated rings. The van der Waals surface area contributed by atoms with Crippen molar-refractivity contribution in [2.45, 2.75) is 122 Å². The first-order valence-corrected chi connectivity index (χ1v) is 13.0. The van der Waals surface area contributed by atoms with Crippen LogP contribution in [0.2, 0.25) is 0 Å². The van der Waals surface area contributed by atoms with E-state index in [2.05, 4.69) is 44.4 Å². The maximum absolute atomic E-state index is 2.70. The molecule has 0 aromatic heterocycles. The molecular formula is C26H62N2. The summed E-state index contributed by atoms with van der Waals surface area (Å²) in [6.45, 7) is 35.6. The van der Waals surface area contributed by atoms with Crippen LogP contribution < -0.4 is 0 Å². The van der Waals surface area contributed by atoms with Crippen LogP contribution in [0, 0.1) is 11.3 Å². The van der Waals surface area contributed by atoms with Crippen molar-refractivity contribution in [1.82, 2.24) is 9.80 Å². The molecule has 0 bridgehead atoms. The van der Waals surface area contributed by atoms with Gasteiger partial charge in [0.15, 0.2) is 0 Å². The minimum absolute atomic E-state index is 0.489. The Bertz CT molecular complexity index is 237. The fraction of sp³-hybridized carbons (Fsp3) is 1.00. The molecule has 0 radical (unpaired) electrons. The van der Waals surface area contributed by atoms with E-state index in [0.717, 1.165) is 5.92 Å². The predicted octanol–water partition coefficient (Wildman–Crippen LogP) is 8.36. The Kier molecular flexibility index (Phi) is 34.0. The van der Waals surface area contributed by atoms with Gasteiger partial charge in [-0.05, 0) is 69.6 Å². The van der Waals surface area contributed by atoms with E-state index >= 15 is 0 Å². The number of hydrogen-bond acceptors (Lipinski definition) is 2. The van der Waals surface area contributed by atoms with Crippen molar-refractivity contribution in [1.29, 1.82) is 0 Å². The van der Waals surface area contributed by atoms with E-state index in [4.69, 9.17) is 0 Å². The Hall–Kier alpha value is -0.0800. The standard InChI is InChI=1S/C18H38N2.4C2H6/c1-6-11-19(12-7-2)15-17-9-13-20(14-10-17)16-18(4,5)8-3;4*1-2/h17H,6-16H2,1-5H3;4*1-2H3. The zero-order chi connectivity index (χ0) is 23.0. The second kappa shape index (κ2) is 26.9. The molecule has 0 aromatic rings. The predicted molar refractivity (Wildman–Crippen MR) is 136 cm³/mol. The Labute approximate surface area is 182 Å². The third kappa shape index (κ3) is 20.6. The summed E-state index contributed by atoms with van der Waals surface area (Å²) in [5.41, 5.74) is 0.489. The molecule has 0 amide bonds. The van der Waals surface area contributed by atoms with Crippen molar-refractivity contribution in [3.8, 4) is 0 Å². The highest BCUT2D eigenvalue weighted by Crippen LogP contribution is 2.25. The SMILES string of the molecule is CC.CC.CC.CC.CCCN(CCC)CC1CCN(CC(C)(C)CC)CC1. The second-order valence-electron chi connectivity index (χ2n) is 7.54. The van der Waals surface area contributed by atoms with Crippen LogP contribution in [-0.2, 0) is 0 Å². The highest BCUT2D eigenvalue weighted by Gasteiger charge is 2.25. The fourth-order valence-corrected chi connectivity index (χ4v) is 3.34. The van der Waals surface area contributed by atoms with Crippen LogP contribution in [0.5, 0.6) is 0 Å². The van der Waals surface area contributed by atoms with Gasteiger partial charge in [0, 0.05) is 13.1 Å². The van der Waals surface area contributed by atoms with Crippen molar-refractivity contribution in [2.75, 3.05) is 39.3 Å². The van der Waals surface area contributed by atoms with Crippen molar-refractivity contribution >= 4 is 0 Å². The molecule has 28 heavy (non-hydrogen) atoms. The maximum atomic E-state index is 2.70. The van der Waals surface area contributed by atoms with Gasteiger partial charge in [-0.2, -0.15) is 0 Å². The van der Waals surface area contributed by atoms with Gasteiger partial charge in [-0.1, -0.05) is 90.0 Å². The Balaban J connectivity index is -0.000000318. The Morgan fingerprint density at radius 3 is 1.46 bits per heavy atom. The van der Waals surface area contributed by atoms with Gasteiger partial charge >= 0.3 is 0 Å². The van der Waals surface area contributed by atoms with Crippen molar-refractivity contribution in [3.63, 3.8) is 0 Å². The molecule has 1 heterocycles. The van der Waals surface area contributed by atoms with E-state index in [1.807, 2.05) is 55.4 Å². The van der Waals surface area contributed by atoms with Crippen LogP contribution in [0.3, 0.4) is 0 Å². The van der Waals surface area contributed by atoms with E-state index in [1.165, 1.54) is 71.4 Å². The molecule has 176 valence electrons. The normalized spacial score (nSPS) is 14.4. The molecule has 0 unspecified atom stereocenters. The summed E-state index contributed by atoms with van der Waals surface area (Å²) >= 11 is 0. The van der Waals surface area contributed by atoms with Gasteiger partial charge in [0.2, 0.25) is 0 Å². The van der Waals surface area contributed by atoms with Gasteiger partial charge in [-0.3, -0.25) is 0 Å². The average Bonchev–Trinajstić information content (AvgIpc) is 2.75. The molecule has 0 saturated carbocycles. The smallest absolute Gasteiger partial charge is 0.00326 e. The van der Waals surface area contributed by atoms with Crippen LogP contribution in [0.15, 0.2) is 0 Å². The summed E-state index contributed by atoms with van der Waals surface area (Å²) in [7, 11) is 0. The molecule has 1 aliphatic rings. The molecule has 0 spiro atoms. The summed E-state index contributed by atoms with van der Waals surface area (Å²) < 4.78 is 0. The van der Waals surface area contributed by atoms with E-state index in [9.17, 15) is 0 Å². The lowest BCUT2D eigenvalue weighted by molar-refractivity contribution is 0.107. The van der Waals surface area contributed by atoms with Crippen molar-refractivity contribution in [2.24, 2.45) is 11.3 Å². The summed E-state index contributed by atoms with van der Waals surface area (Å²) in [6, 6.07) is 0. The van der Waals surface area contributed by atoms with Gasteiger partial charge in [0.05, 0.1) is 0 Å². The Morgan fingerprint density at radius 1 is 0.750 bits per heavy atom. The summed E-state index contributed by atoms with van der Waals surface area (Å²) in [4.78, 5) is 5.39. The summed E-state index contributed by atoms with van der Waals surface area (Å²) in [6.07, 6.45) is 6.69. The molecule has 2 heteroatoms. The monoisotopic (exact) mass is 402 g/mol. The molecule has 1 rings (SSSR count). The zero-order valence-corrected chi connectivity index (χ0v) is 22.7. The third-order valence-electron chi connectivity index (χ3n) is 4.91. The van der Waals surface area contributed by atoms with E-state index in [0.29, 0.717) is 5.41 Å². The molecule has 0 N–H and O–H groups in total. The van der Waals surface area contributed by atoms with E-state index < -0.39 is 0 Å². The molecule has 0 atom stereocenters. The van der Waals surface area contributed by atoms with Crippen LogP contribution >= 0.6 is 0 Å². The van der Waals surface area contributed by atoms with Crippen LogP contribution in [0.25, 0.3) is 0 Å². The quantitative estimate of drug-likeness (QED) is 0.382. The molecule has 0 aromatic carbocycles. The largest absolute Gasteiger partial charge is 0.303 e. The first kappa shape index (κ1) is 35.4. The average molecular weight is 403 g/mol. The second-order valence-corrected chi connectivity index (χ2v) is 7.54. The molecule has 2 nitrogen and oxygen atoms in total. The van der Waals surface area contributed by atoms with Gasteiger partial charge in [0.1, 0.15) is 0 Å². The molecular weight excluding hydrogens is 340 g/mol. The number of piperidine rings is 1. The lowest BCUT2D eigenvalue weighted by Gasteiger charge is -2.38. The van der Waals surface area contributed by atoms with Crippen molar-refractivity contribution in [3.05, 3.63) is 0 Å². The lowest BCUT2D eigenvalue weighted by atomic mass is 9.88. The first-order chi connectivity index (χ1) is 13.5. The summed E-state index contributed by atoms with van der Waals surface area (Å²) in [5.74, 6) is 0.939. The molecule has 1 saturated heterocycles. The number of rotatable bonds is 9. The van der Waals surface area contributed by atoms with E-state index in [1.54, 1.807) is 0 Å². The topological polar surface area (TPSA) is 6.48 Å². The minimum atomic E-state index is 0.489. The van der Waals surface area contributed by atoms with Gasteiger partial charge in [-0.25, -0.2) is 0 Å². The van der Waals surface area contributed by atoms with Crippen LogP contribution in [0.1, 0.15) is 122 Å². The number of likely N-dealkylation sites (tertiary alicyclic amines) is 1. The van der Waals surface area contributed by atoms with Crippen molar-refractivity contribution < 1.29 is 0 Å². The van der Waals surface area contributed by atoms with Crippen LogP contribution in [-0.4, -0.2) is 49.1 Å². The van der Waals surface area contributed by atoms with E-state index in [-0.39, 0.29) is 0 Å². The van der Waals surface area contributed by atoms with Gasteiger partial charge in [0.25, 0.3) is 0 Å². The highest BCUT2D eigenvalue weighted by molar-refractivity contribution is 4.79. The first-order valence-electron chi connectivity index (χ1n) is 13.0. The fourth-order valence-electron chi connectivity index (χ4n) is 3.34.